The number of halogens is 1. The first-order valence-electron chi connectivity index (χ1n) is 6.41. The summed E-state index contributed by atoms with van der Waals surface area (Å²) in [4.78, 5) is 0.308. The lowest BCUT2D eigenvalue weighted by atomic mass is 9.97. The topological polar surface area (TPSA) is 55.4 Å². The molecule has 1 aromatic carbocycles. The van der Waals surface area contributed by atoms with E-state index in [4.69, 9.17) is 4.74 Å². The van der Waals surface area contributed by atoms with Crippen molar-refractivity contribution in [2.75, 3.05) is 19.8 Å². The second-order valence-electron chi connectivity index (χ2n) is 4.70. The van der Waals surface area contributed by atoms with E-state index in [-0.39, 0.29) is 0 Å². The van der Waals surface area contributed by atoms with Crippen LogP contribution in [0.2, 0.25) is 0 Å². The Morgan fingerprint density at radius 2 is 1.84 bits per heavy atom. The van der Waals surface area contributed by atoms with E-state index in [1.165, 1.54) is 0 Å². The predicted octanol–water partition coefficient (Wildman–Crippen LogP) is 2.54. The van der Waals surface area contributed by atoms with Gasteiger partial charge in [0.05, 0.1) is 4.90 Å². The Hall–Kier alpha value is -0.430. The third-order valence-electron chi connectivity index (χ3n) is 3.31. The van der Waals surface area contributed by atoms with Crippen LogP contribution >= 0.6 is 15.9 Å². The summed E-state index contributed by atoms with van der Waals surface area (Å²) in [5.41, 5.74) is 0. The molecule has 0 radical (unpaired) electrons. The fraction of sp³-hybridized carbons (Fsp3) is 0.538. The van der Waals surface area contributed by atoms with E-state index >= 15 is 0 Å². The number of benzene rings is 1. The van der Waals surface area contributed by atoms with Gasteiger partial charge >= 0.3 is 0 Å². The number of hydrogen-bond donors (Lipinski definition) is 1. The van der Waals surface area contributed by atoms with Crippen molar-refractivity contribution in [3.05, 3.63) is 28.7 Å². The van der Waals surface area contributed by atoms with Crippen molar-refractivity contribution in [2.45, 2.75) is 24.2 Å². The maximum Gasteiger partial charge on any atom is 0.240 e. The number of ether oxygens (including phenoxy) is 1. The van der Waals surface area contributed by atoms with Crippen LogP contribution in [-0.4, -0.2) is 28.2 Å². The lowest BCUT2D eigenvalue weighted by molar-refractivity contribution is 0.0644. The molecule has 1 fully saturated rings. The van der Waals surface area contributed by atoms with Crippen LogP contribution in [0.1, 0.15) is 19.3 Å². The molecular formula is C13H18BrNO3S. The van der Waals surface area contributed by atoms with Crippen molar-refractivity contribution < 1.29 is 13.2 Å². The second kappa shape index (κ2) is 6.83. The first-order chi connectivity index (χ1) is 9.08. The smallest absolute Gasteiger partial charge is 0.240 e. The molecule has 0 aliphatic carbocycles. The molecule has 4 nitrogen and oxygen atoms in total. The van der Waals surface area contributed by atoms with E-state index in [0.29, 0.717) is 17.4 Å². The lowest BCUT2D eigenvalue weighted by Gasteiger charge is -2.21. The fourth-order valence-electron chi connectivity index (χ4n) is 2.13. The zero-order chi connectivity index (χ0) is 13.7. The van der Waals surface area contributed by atoms with Gasteiger partial charge in [0.25, 0.3) is 0 Å². The Morgan fingerprint density at radius 1 is 1.21 bits per heavy atom. The Morgan fingerprint density at radius 3 is 2.47 bits per heavy atom. The summed E-state index contributed by atoms with van der Waals surface area (Å²) in [7, 11) is -3.38. The number of hydrogen-bond acceptors (Lipinski definition) is 3. The minimum absolute atomic E-state index is 0.308. The van der Waals surface area contributed by atoms with Gasteiger partial charge in [0.15, 0.2) is 0 Å². The van der Waals surface area contributed by atoms with E-state index in [9.17, 15) is 8.42 Å². The first kappa shape index (κ1) is 15.0. The van der Waals surface area contributed by atoms with Crippen LogP contribution in [0.3, 0.4) is 0 Å². The zero-order valence-electron chi connectivity index (χ0n) is 10.6. The molecule has 0 saturated carbocycles. The van der Waals surface area contributed by atoms with Crippen molar-refractivity contribution in [3.63, 3.8) is 0 Å². The molecule has 19 heavy (non-hydrogen) atoms. The van der Waals surface area contributed by atoms with Crippen molar-refractivity contribution in [2.24, 2.45) is 5.92 Å². The summed E-state index contributed by atoms with van der Waals surface area (Å²) in [6, 6.07) is 6.65. The quantitative estimate of drug-likeness (QED) is 0.890. The van der Waals surface area contributed by atoms with Crippen molar-refractivity contribution in [1.82, 2.24) is 4.72 Å². The lowest BCUT2D eigenvalue weighted by Crippen LogP contribution is -2.27. The molecule has 106 valence electrons. The van der Waals surface area contributed by atoms with Gasteiger partial charge in [0, 0.05) is 24.2 Å². The maximum atomic E-state index is 12.0. The van der Waals surface area contributed by atoms with Gasteiger partial charge in [-0.05, 0) is 49.4 Å². The minimum atomic E-state index is -3.38. The summed E-state index contributed by atoms with van der Waals surface area (Å²) in [6.07, 6.45) is 2.93. The van der Waals surface area contributed by atoms with Crippen LogP contribution in [0.5, 0.6) is 0 Å². The summed E-state index contributed by atoms with van der Waals surface area (Å²) >= 11 is 3.29. The van der Waals surface area contributed by atoms with Gasteiger partial charge in [0.2, 0.25) is 10.0 Å². The van der Waals surface area contributed by atoms with Gasteiger partial charge in [-0.2, -0.15) is 0 Å². The Labute approximate surface area is 122 Å². The van der Waals surface area contributed by atoms with E-state index in [0.717, 1.165) is 36.9 Å². The predicted molar refractivity (Wildman–Crippen MR) is 77.5 cm³/mol. The molecule has 0 spiro atoms. The molecule has 0 unspecified atom stereocenters. The third-order valence-corrected chi connectivity index (χ3v) is 5.32. The molecule has 0 bridgehead atoms. The van der Waals surface area contributed by atoms with Gasteiger partial charge in [-0.15, -0.1) is 0 Å². The van der Waals surface area contributed by atoms with Crippen molar-refractivity contribution in [3.8, 4) is 0 Å². The van der Waals surface area contributed by atoms with E-state index in [2.05, 4.69) is 20.7 Å². The summed E-state index contributed by atoms with van der Waals surface area (Å²) in [5, 5.41) is 0. The van der Waals surface area contributed by atoms with E-state index in [1.807, 2.05) is 0 Å². The standard InChI is InChI=1S/C13H18BrNO3S/c14-12-1-3-13(4-2-12)19(16,17)15-8-5-11-6-9-18-10-7-11/h1-4,11,15H,5-10H2. The van der Waals surface area contributed by atoms with Crippen LogP contribution < -0.4 is 4.72 Å². The minimum Gasteiger partial charge on any atom is -0.381 e. The van der Waals surface area contributed by atoms with Crippen molar-refractivity contribution in [1.29, 1.82) is 0 Å². The largest absolute Gasteiger partial charge is 0.381 e. The van der Waals surface area contributed by atoms with E-state index < -0.39 is 10.0 Å². The SMILES string of the molecule is O=S(=O)(NCCC1CCOCC1)c1ccc(Br)cc1. The third kappa shape index (κ3) is 4.56. The summed E-state index contributed by atoms with van der Waals surface area (Å²) in [6.45, 7) is 2.08. The number of sulfonamides is 1. The molecule has 6 heteroatoms. The first-order valence-corrected chi connectivity index (χ1v) is 8.68. The van der Waals surface area contributed by atoms with Crippen LogP contribution in [0.15, 0.2) is 33.6 Å². The monoisotopic (exact) mass is 347 g/mol. The number of nitrogens with one attached hydrogen (secondary N) is 1. The average Bonchev–Trinajstić information content (AvgIpc) is 2.40. The normalized spacial score (nSPS) is 17.5. The highest BCUT2D eigenvalue weighted by Crippen LogP contribution is 2.18. The zero-order valence-corrected chi connectivity index (χ0v) is 13.0. The fourth-order valence-corrected chi connectivity index (χ4v) is 3.44. The molecule has 0 aromatic heterocycles. The van der Waals surface area contributed by atoms with Crippen LogP contribution in [-0.2, 0) is 14.8 Å². The van der Waals surface area contributed by atoms with Crippen molar-refractivity contribution >= 4 is 26.0 Å². The molecular weight excluding hydrogens is 330 g/mol. The summed E-state index contributed by atoms with van der Waals surface area (Å²) < 4.78 is 32.9. The van der Waals surface area contributed by atoms with Crippen LogP contribution in [0, 0.1) is 5.92 Å². The molecule has 0 amide bonds. The molecule has 1 heterocycles. The maximum absolute atomic E-state index is 12.0. The van der Waals surface area contributed by atoms with Crippen LogP contribution in [0.4, 0.5) is 0 Å². The Bertz CT molecular complexity index is 495. The highest BCUT2D eigenvalue weighted by atomic mass is 79.9. The Balaban J connectivity index is 1.85. The molecule has 1 aromatic rings. The summed E-state index contributed by atoms with van der Waals surface area (Å²) in [5.74, 6) is 0.571. The highest BCUT2D eigenvalue weighted by molar-refractivity contribution is 9.10. The van der Waals surface area contributed by atoms with Gasteiger partial charge in [-0.3, -0.25) is 0 Å². The molecule has 2 rings (SSSR count). The molecule has 0 atom stereocenters. The Kier molecular flexibility index (Phi) is 5.38. The molecule has 1 N–H and O–H groups in total. The highest BCUT2D eigenvalue weighted by Gasteiger charge is 2.16. The van der Waals surface area contributed by atoms with Gasteiger partial charge in [-0.25, -0.2) is 13.1 Å². The number of rotatable bonds is 5. The van der Waals surface area contributed by atoms with Gasteiger partial charge in [-0.1, -0.05) is 15.9 Å². The van der Waals surface area contributed by atoms with Gasteiger partial charge in [0.1, 0.15) is 0 Å². The second-order valence-corrected chi connectivity index (χ2v) is 7.38. The van der Waals surface area contributed by atoms with Gasteiger partial charge < -0.3 is 4.74 Å². The molecule has 1 aliphatic rings. The van der Waals surface area contributed by atoms with E-state index in [1.54, 1.807) is 24.3 Å². The average molecular weight is 348 g/mol. The molecule has 1 saturated heterocycles. The molecule has 1 aliphatic heterocycles. The van der Waals surface area contributed by atoms with Crippen LogP contribution in [0.25, 0.3) is 0 Å².